The Balaban J connectivity index is 0.00000183. The molecule has 4 aromatic carbocycles. The predicted molar refractivity (Wildman–Crippen MR) is 165 cm³/mol. The summed E-state index contributed by atoms with van der Waals surface area (Å²) in [7, 11) is 0.622. The number of hydrogen-bond donors (Lipinski definition) is 0. The second-order valence-corrected chi connectivity index (χ2v) is 11.1. The van der Waals surface area contributed by atoms with Crippen LogP contribution in [0, 0.1) is 28.2 Å². The summed E-state index contributed by atoms with van der Waals surface area (Å²) in [6.07, 6.45) is 1.79. The van der Waals surface area contributed by atoms with Crippen LogP contribution in [-0.2, 0) is 33.8 Å². The number of hydrogen-bond acceptors (Lipinski definition) is 2. The molecule has 4 aromatic rings. The Morgan fingerprint density at radius 1 is 0.725 bits per heavy atom. The number of benzene rings is 4. The molecule has 0 spiro atoms. The van der Waals surface area contributed by atoms with Gasteiger partial charge in [-0.25, -0.2) is 8.42 Å². The van der Waals surface area contributed by atoms with Crippen molar-refractivity contribution >= 4 is 19.7 Å². The van der Waals surface area contributed by atoms with E-state index in [4.69, 9.17) is 5.32 Å². The summed E-state index contributed by atoms with van der Waals surface area (Å²) in [5.41, 5.74) is 5.50. The van der Waals surface area contributed by atoms with E-state index in [0.29, 0.717) is 17.7 Å². The van der Waals surface area contributed by atoms with Gasteiger partial charge in [-0.05, 0) is 43.9 Å². The molecule has 4 rings (SSSR count). The molecule has 0 heterocycles. The van der Waals surface area contributed by atoms with E-state index in [1.54, 1.807) is 0 Å². The molecule has 40 heavy (non-hydrogen) atoms. The van der Waals surface area contributed by atoms with E-state index in [2.05, 4.69) is 26.5 Å². The van der Waals surface area contributed by atoms with Crippen LogP contribution in [0.2, 0.25) is 0 Å². The summed E-state index contributed by atoms with van der Waals surface area (Å²) >= 11 is 1.82. The average Bonchev–Trinajstić information content (AvgIpc) is 2.94. The molecule has 0 radical (unpaired) electrons. The Kier molecular flexibility index (Phi) is 14.2. The van der Waals surface area contributed by atoms with E-state index in [0.717, 1.165) is 29.5 Å². The molecular formula is C33H37ClN2O2RuS. The SMILES string of the molecule is Cc1cc(C)c(S(=O)(=O)[N-]C(c2ccccc2)[C@@H]([N-]CCCc2ccccc2)c2ccccc2)c(C)c1.[CH3-].[Cl][Ru+3]. The van der Waals surface area contributed by atoms with Crippen LogP contribution in [0.5, 0.6) is 0 Å². The van der Waals surface area contributed by atoms with Crippen molar-refractivity contribution in [1.29, 1.82) is 0 Å². The number of halogens is 1. The number of aryl methyl sites for hydroxylation is 4. The van der Waals surface area contributed by atoms with Gasteiger partial charge in [0.25, 0.3) is 0 Å². The molecule has 0 aliphatic carbocycles. The summed E-state index contributed by atoms with van der Waals surface area (Å²) in [5.74, 6) is 0. The van der Waals surface area contributed by atoms with Crippen molar-refractivity contribution in [2.75, 3.05) is 6.54 Å². The van der Waals surface area contributed by atoms with Crippen molar-refractivity contribution in [3.05, 3.63) is 154 Å². The van der Waals surface area contributed by atoms with Gasteiger partial charge in [0.1, 0.15) is 10.0 Å². The van der Waals surface area contributed by atoms with Crippen molar-refractivity contribution < 1.29 is 25.7 Å². The zero-order valence-electron chi connectivity index (χ0n) is 23.4. The van der Waals surface area contributed by atoms with Gasteiger partial charge in [0, 0.05) is 0 Å². The molecule has 0 amide bonds. The van der Waals surface area contributed by atoms with Gasteiger partial charge in [-0.1, -0.05) is 126 Å². The van der Waals surface area contributed by atoms with E-state index >= 15 is 0 Å². The second-order valence-electron chi connectivity index (χ2n) is 9.51. The van der Waals surface area contributed by atoms with Gasteiger partial charge >= 0.3 is 27.0 Å². The minimum absolute atomic E-state index is 0. The van der Waals surface area contributed by atoms with E-state index in [-0.39, 0.29) is 12.3 Å². The third-order valence-corrected chi connectivity index (χ3v) is 8.15. The third-order valence-electron chi connectivity index (χ3n) is 6.49. The summed E-state index contributed by atoms with van der Waals surface area (Å²) in [4.78, 5) is 0.287. The first kappa shape index (κ1) is 33.9. The van der Waals surface area contributed by atoms with Crippen LogP contribution in [-0.4, -0.2) is 15.0 Å². The van der Waals surface area contributed by atoms with Gasteiger partial charge in [-0.2, -0.15) is 0 Å². The van der Waals surface area contributed by atoms with Gasteiger partial charge in [0.15, 0.2) is 0 Å². The fraction of sp³-hybridized carbons (Fsp3) is 0.242. The standard InChI is InChI=1S/C32H34N2O2S.CH3.ClH.Ru/c1-24-22-25(2)32(26(3)23-24)37(35,36)34-31(29-19-11-6-12-20-29)30(28-17-9-5-10-18-28)33-21-13-16-27-14-7-4-8-15-27;;;/h4-12,14-15,17-20,22-23,30-31H,13,16,21H2,1-3H3;1H3;1H;/q-2;-1;;+4/p-1/t30-,31?;;;/m0.../s1. The van der Waals surface area contributed by atoms with Crippen LogP contribution in [0.1, 0.15) is 51.9 Å². The number of nitrogens with zero attached hydrogens (tertiary/aromatic N) is 2. The van der Waals surface area contributed by atoms with E-state index < -0.39 is 22.1 Å². The molecular weight excluding hydrogens is 625 g/mol. The Morgan fingerprint density at radius 3 is 1.68 bits per heavy atom. The normalized spacial score (nSPS) is 12.4. The van der Waals surface area contributed by atoms with Gasteiger partial charge in [-0.15, -0.1) is 18.6 Å². The van der Waals surface area contributed by atoms with E-state index in [9.17, 15) is 8.42 Å². The van der Waals surface area contributed by atoms with Crippen molar-refractivity contribution in [1.82, 2.24) is 0 Å². The number of sulfonamides is 1. The van der Waals surface area contributed by atoms with Gasteiger partial charge in [0.2, 0.25) is 0 Å². The number of rotatable bonds is 11. The summed E-state index contributed by atoms with van der Waals surface area (Å²) in [6, 6.07) is 32.6. The van der Waals surface area contributed by atoms with Crippen molar-refractivity contribution in [2.45, 2.75) is 50.6 Å². The van der Waals surface area contributed by atoms with E-state index in [1.807, 2.05) is 129 Å². The minimum atomic E-state index is -3.95. The quantitative estimate of drug-likeness (QED) is 0.0914. The zero-order valence-corrected chi connectivity index (χ0v) is 26.8. The Morgan fingerprint density at radius 2 is 1.18 bits per heavy atom. The maximum atomic E-state index is 13.8. The van der Waals surface area contributed by atoms with Gasteiger partial charge in [0.05, 0.1) is 4.90 Å². The van der Waals surface area contributed by atoms with Crippen molar-refractivity contribution in [3.63, 3.8) is 0 Å². The molecule has 0 N–H and O–H groups in total. The van der Waals surface area contributed by atoms with Crippen LogP contribution in [0.25, 0.3) is 10.0 Å². The van der Waals surface area contributed by atoms with Crippen molar-refractivity contribution in [2.24, 2.45) is 0 Å². The zero-order chi connectivity index (χ0) is 28.3. The van der Waals surface area contributed by atoms with Crippen LogP contribution in [0.4, 0.5) is 0 Å². The molecule has 7 heteroatoms. The van der Waals surface area contributed by atoms with Crippen LogP contribution < -0.4 is 0 Å². The molecule has 0 aromatic heterocycles. The molecule has 0 aliphatic heterocycles. The molecule has 212 valence electrons. The molecule has 0 fully saturated rings. The maximum absolute atomic E-state index is 13.8. The Labute approximate surface area is 255 Å². The monoisotopic (exact) mass is 662 g/mol. The van der Waals surface area contributed by atoms with Gasteiger partial charge in [-0.3, -0.25) is 0 Å². The Hall–Kier alpha value is -2.34. The first-order chi connectivity index (χ1) is 18.8. The van der Waals surface area contributed by atoms with Gasteiger partial charge < -0.3 is 17.5 Å². The molecule has 4 nitrogen and oxygen atoms in total. The average molecular weight is 662 g/mol. The van der Waals surface area contributed by atoms with Crippen LogP contribution in [0.3, 0.4) is 0 Å². The van der Waals surface area contributed by atoms with E-state index in [1.165, 1.54) is 5.56 Å². The fourth-order valence-electron chi connectivity index (χ4n) is 4.92. The molecule has 2 atom stereocenters. The first-order valence-corrected chi connectivity index (χ1v) is 16.5. The topological polar surface area (TPSA) is 62.3 Å². The molecule has 0 saturated heterocycles. The molecule has 1 unspecified atom stereocenters. The summed E-state index contributed by atoms with van der Waals surface area (Å²) in [5, 5.41) is 5.06. The van der Waals surface area contributed by atoms with Crippen LogP contribution in [0.15, 0.2) is 108 Å². The van der Waals surface area contributed by atoms with Crippen LogP contribution >= 0.6 is 9.69 Å². The molecule has 0 aliphatic rings. The van der Waals surface area contributed by atoms with Crippen molar-refractivity contribution in [3.8, 4) is 0 Å². The Bertz CT molecular complexity index is 1380. The first-order valence-electron chi connectivity index (χ1n) is 12.8. The molecule has 0 saturated carbocycles. The summed E-state index contributed by atoms with van der Waals surface area (Å²) < 4.78 is 32.2. The fourth-order valence-corrected chi connectivity index (χ4v) is 6.50. The second kappa shape index (κ2) is 16.8. The third kappa shape index (κ3) is 9.36. The summed E-state index contributed by atoms with van der Waals surface area (Å²) in [6.45, 7) is 6.25. The predicted octanol–water partition coefficient (Wildman–Crippen LogP) is 9.30. The molecule has 0 bridgehead atoms.